The van der Waals surface area contributed by atoms with Gasteiger partial charge in [0.2, 0.25) is 0 Å². The Morgan fingerprint density at radius 2 is 2.25 bits per heavy atom. The standard InChI is InChI=1S/C12H10O2S2/c13-9(5-8-1-3-14-7-8)11-6-12-10(16-11)2-4-15-12/h1-4,6-7,9,13H,5H2. The molecule has 1 unspecified atom stereocenters. The summed E-state index contributed by atoms with van der Waals surface area (Å²) in [4.78, 5) is 1.03. The molecule has 4 heteroatoms. The highest BCUT2D eigenvalue weighted by Crippen LogP contribution is 2.34. The lowest BCUT2D eigenvalue weighted by atomic mass is 10.1. The second-order valence-electron chi connectivity index (χ2n) is 3.65. The lowest BCUT2D eigenvalue weighted by molar-refractivity contribution is 0.182. The van der Waals surface area contributed by atoms with Crippen LogP contribution in [0.5, 0.6) is 0 Å². The van der Waals surface area contributed by atoms with E-state index in [2.05, 4.69) is 17.5 Å². The van der Waals surface area contributed by atoms with Crippen molar-refractivity contribution in [1.29, 1.82) is 0 Å². The van der Waals surface area contributed by atoms with Crippen LogP contribution < -0.4 is 0 Å². The van der Waals surface area contributed by atoms with E-state index < -0.39 is 6.10 Å². The number of hydrogen-bond donors (Lipinski definition) is 1. The highest BCUT2D eigenvalue weighted by atomic mass is 32.1. The van der Waals surface area contributed by atoms with Crippen molar-refractivity contribution >= 4 is 32.1 Å². The first-order valence-corrected chi connectivity index (χ1v) is 6.68. The fraction of sp³-hybridized carbons (Fsp3) is 0.167. The summed E-state index contributed by atoms with van der Waals surface area (Å²) in [6.45, 7) is 0. The average molecular weight is 250 g/mol. The third-order valence-corrected chi connectivity index (χ3v) is 4.69. The summed E-state index contributed by atoms with van der Waals surface area (Å²) in [5, 5.41) is 12.2. The summed E-state index contributed by atoms with van der Waals surface area (Å²) in [5.74, 6) is 0. The number of aliphatic hydroxyl groups excluding tert-OH is 1. The Morgan fingerprint density at radius 1 is 1.31 bits per heavy atom. The fourth-order valence-corrected chi connectivity index (χ4v) is 3.79. The van der Waals surface area contributed by atoms with Crippen LogP contribution in [0, 0.1) is 0 Å². The van der Waals surface area contributed by atoms with Gasteiger partial charge < -0.3 is 9.52 Å². The molecule has 0 bridgehead atoms. The minimum atomic E-state index is -0.429. The summed E-state index contributed by atoms with van der Waals surface area (Å²) in [5.41, 5.74) is 1.03. The molecule has 0 aliphatic carbocycles. The number of furan rings is 1. The molecule has 3 heterocycles. The Hall–Kier alpha value is -1.10. The fourth-order valence-electron chi connectivity index (χ4n) is 1.68. The quantitative estimate of drug-likeness (QED) is 0.766. The Morgan fingerprint density at radius 3 is 3.00 bits per heavy atom. The number of thiophene rings is 2. The number of fused-ring (bicyclic) bond motifs is 1. The molecule has 3 aromatic heterocycles. The van der Waals surface area contributed by atoms with Crippen molar-refractivity contribution in [3.63, 3.8) is 0 Å². The Labute approximate surface area is 101 Å². The van der Waals surface area contributed by atoms with Crippen LogP contribution in [-0.4, -0.2) is 5.11 Å². The third kappa shape index (κ3) is 1.80. The lowest BCUT2D eigenvalue weighted by Crippen LogP contribution is -1.97. The molecule has 82 valence electrons. The molecular formula is C12H10O2S2. The minimum absolute atomic E-state index is 0.429. The van der Waals surface area contributed by atoms with Crippen molar-refractivity contribution in [1.82, 2.24) is 0 Å². The predicted molar refractivity (Wildman–Crippen MR) is 67.1 cm³/mol. The van der Waals surface area contributed by atoms with E-state index in [-0.39, 0.29) is 0 Å². The molecule has 0 amide bonds. The van der Waals surface area contributed by atoms with Gasteiger partial charge in [0.05, 0.1) is 18.6 Å². The van der Waals surface area contributed by atoms with Crippen LogP contribution in [0.4, 0.5) is 0 Å². The number of aliphatic hydroxyl groups is 1. The van der Waals surface area contributed by atoms with E-state index in [0.29, 0.717) is 6.42 Å². The maximum absolute atomic E-state index is 10.1. The summed E-state index contributed by atoms with van der Waals surface area (Å²) in [7, 11) is 0. The minimum Gasteiger partial charge on any atom is -0.472 e. The predicted octanol–water partition coefficient (Wildman–Crippen LogP) is 3.83. The van der Waals surface area contributed by atoms with Gasteiger partial charge in [-0.3, -0.25) is 0 Å². The SMILES string of the molecule is OC(Cc1ccoc1)c1cc2sccc2s1. The topological polar surface area (TPSA) is 33.4 Å². The van der Waals surface area contributed by atoms with Crippen LogP contribution in [0.3, 0.4) is 0 Å². The third-order valence-electron chi connectivity index (χ3n) is 2.50. The zero-order valence-electron chi connectivity index (χ0n) is 8.42. The molecular weight excluding hydrogens is 240 g/mol. The van der Waals surface area contributed by atoms with Gasteiger partial charge in [0.15, 0.2) is 0 Å². The molecule has 0 saturated heterocycles. The van der Waals surface area contributed by atoms with E-state index in [0.717, 1.165) is 10.4 Å². The molecule has 16 heavy (non-hydrogen) atoms. The molecule has 0 saturated carbocycles. The van der Waals surface area contributed by atoms with Gasteiger partial charge in [-0.15, -0.1) is 22.7 Å². The number of hydrogen-bond acceptors (Lipinski definition) is 4. The summed E-state index contributed by atoms with van der Waals surface area (Å²) in [6.07, 6.45) is 3.50. The maximum atomic E-state index is 10.1. The normalized spacial score (nSPS) is 13.3. The van der Waals surface area contributed by atoms with Gasteiger partial charge in [0.1, 0.15) is 0 Å². The first-order valence-electron chi connectivity index (χ1n) is 4.99. The molecule has 1 N–H and O–H groups in total. The van der Waals surface area contributed by atoms with E-state index in [1.807, 2.05) is 6.07 Å². The van der Waals surface area contributed by atoms with E-state index in [9.17, 15) is 5.11 Å². The molecule has 2 nitrogen and oxygen atoms in total. The van der Waals surface area contributed by atoms with Crippen LogP contribution in [0.25, 0.3) is 9.40 Å². The molecule has 0 aliphatic heterocycles. The summed E-state index contributed by atoms with van der Waals surface area (Å²) in [6, 6.07) is 6.06. The summed E-state index contributed by atoms with van der Waals surface area (Å²) < 4.78 is 7.50. The van der Waals surface area contributed by atoms with Crippen LogP contribution in [0.15, 0.2) is 40.5 Å². The van der Waals surface area contributed by atoms with E-state index in [1.54, 1.807) is 35.2 Å². The Balaban J connectivity index is 1.84. The van der Waals surface area contributed by atoms with Crippen molar-refractivity contribution in [2.75, 3.05) is 0 Å². The average Bonchev–Trinajstić information content (AvgIpc) is 2.91. The smallest absolute Gasteiger partial charge is 0.0935 e. The molecule has 1 atom stereocenters. The van der Waals surface area contributed by atoms with E-state index in [4.69, 9.17) is 4.42 Å². The molecule has 3 rings (SSSR count). The molecule has 0 aromatic carbocycles. The molecule has 0 radical (unpaired) electrons. The highest BCUT2D eigenvalue weighted by Gasteiger charge is 2.13. The summed E-state index contributed by atoms with van der Waals surface area (Å²) >= 11 is 3.38. The van der Waals surface area contributed by atoms with Crippen LogP contribution in [0.1, 0.15) is 16.5 Å². The largest absolute Gasteiger partial charge is 0.472 e. The van der Waals surface area contributed by atoms with Crippen molar-refractivity contribution < 1.29 is 9.52 Å². The Bertz CT molecular complexity index is 548. The first kappa shape index (κ1) is 10.1. The van der Waals surface area contributed by atoms with Gasteiger partial charge in [0.25, 0.3) is 0 Å². The van der Waals surface area contributed by atoms with E-state index in [1.165, 1.54) is 9.40 Å². The van der Waals surface area contributed by atoms with Gasteiger partial charge in [-0.25, -0.2) is 0 Å². The molecule has 0 fully saturated rings. The Kier molecular flexibility index (Phi) is 2.55. The van der Waals surface area contributed by atoms with Gasteiger partial charge in [-0.1, -0.05) is 0 Å². The van der Waals surface area contributed by atoms with Crippen molar-refractivity contribution in [2.24, 2.45) is 0 Å². The lowest BCUT2D eigenvalue weighted by Gasteiger charge is -2.05. The van der Waals surface area contributed by atoms with Crippen molar-refractivity contribution in [3.8, 4) is 0 Å². The van der Waals surface area contributed by atoms with Gasteiger partial charge in [-0.05, 0) is 29.1 Å². The van der Waals surface area contributed by atoms with Gasteiger partial charge in [0, 0.05) is 20.7 Å². The zero-order valence-corrected chi connectivity index (χ0v) is 10.1. The first-order chi connectivity index (χ1) is 7.83. The monoisotopic (exact) mass is 250 g/mol. The van der Waals surface area contributed by atoms with Gasteiger partial charge in [-0.2, -0.15) is 0 Å². The molecule has 0 spiro atoms. The maximum Gasteiger partial charge on any atom is 0.0935 e. The van der Waals surface area contributed by atoms with Crippen LogP contribution in [-0.2, 0) is 6.42 Å². The number of rotatable bonds is 3. The van der Waals surface area contributed by atoms with Crippen molar-refractivity contribution in [2.45, 2.75) is 12.5 Å². The van der Waals surface area contributed by atoms with Crippen LogP contribution >= 0.6 is 22.7 Å². The van der Waals surface area contributed by atoms with Crippen LogP contribution in [0.2, 0.25) is 0 Å². The highest BCUT2D eigenvalue weighted by molar-refractivity contribution is 7.26. The molecule has 3 aromatic rings. The second-order valence-corrected chi connectivity index (χ2v) is 5.71. The van der Waals surface area contributed by atoms with Crippen molar-refractivity contribution in [3.05, 3.63) is 46.5 Å². The molecule has 0 aliphatic rings. The van der Waals surface area contributed by atoms with E-state index >= 15 is 0 Å². The van der Waals surface area contributed by atoms with Gasteiger partial charge >= 0.3 is 0 Å². The second kappa shape index (κ2) is 4.05. The zero-order chi connectivity index (χ0) is 11.0.